The van der Waals surface area contributed by atoms with E-state index in [1.165, 1.54) is 19.3 Å². The van der Waals surface area contributed by atoms with Crippen molar-refractivity contribution in [3.8, 4) is 0 Å². The van der Waals surface area contributed by atoms with Crippen molar-refractivity contribution in [1.82, 2.24) is 5.32 Å². The summed E-state index contributed by atoms with van der Waals surface area (Å²) in [5.41, 5.74) is 0.434. The molecule has 0 radical (unpaired) electrons. The van der Waals surface area contributed by atoms with Crippen LogP contribution in [0, 0.1) is 5.41 Å². The van der Waals surface area contributed by atoms with Crippen LogP contribution in [0.25, 0.3) is 0 Å². The Morgan fingerprint density at radius 1 is 1.41 bits per heavy atom. The topological polar surface area (TPSA) is 38.3 Å². The molecule has 4 heteroatoms. The first-order chi connectivity index (χ1) is 8.23. The minimum atomic E-state index is -0.636. The summed E-state index contributed by atoms with van der Waals surface area (Å²) in [6.07, 6.45) is 5.60. The van der Waals surface area contributed by atoms with Crippen LogP contribution in [0.4, 0.5) is 0 Å². The molecule has 2 rings (SSSR count). The fourth-order valence-corrected chi connectivity index (χ4v) is 3.85. The van der Waals surface area contributed by atoms with Crippen LogP contribution in [0.15, 0.2) is 0 Å². The van der Waals surface area contributed by atoms with Crippen LogP contribution in [0.5, 0.6) is 0 Å². The molecule has 17 heavy (non-hydrogen) atoms. The van der Waals surface area contributed by atoms with Gasteiger partial charge in [-0.2, -0.15) is 0 Å². The fourth-order valence-electron chi connectivity index (χ4n) is 3.22. The predicted octanol–water partition coefficient (Wildman–Crippen LogP) is 1.69. The lowest BCUT2D eigenvalue weighted by molar-refractivity contribution is -0.172. The van der Waals surface area contributed by atoms with E-state index >= 15 is 0 Å². The number of hydrogen-bond acceptors (Lipinski definition) is 3. The second-order valence-electron chi connectivity index (χ2n) is 5.21. The average molecular weight is 259 g/mol. The minimum Gasteiger partial charge on any atom is -0.378 e. The summed E-state index contributed by atoms with van der Waals surface area (Å²) in [7, 11) is -0.636. The molecule has 2 fully saturated rings. The second kappa shape index (κ2) is 5.81. The highest BCUT2D eigenvalue weighted by Gasteiger charge is 2.58. The SMILES string of the molecule is CCOC1CC(NCCS(=O)CC)C12CCC2. The van der Waals surface area contributed by atoms with Crippen molar-refractivity contribution >= 4 is 10.8 Å². The monoisotopic (exact) mass is 259 g/mol. The van der Waals surface area contributed by atoms with Crippen LogP contribution in [0.3, 0.4) is 0 Å². The molecule has 2 aliphatic rings. The minimum absolute atomic E-state index is 0.434. The first kappa shape index (κ1) is 13.5. The normalized spacial score (nSPS) is 31.9. The summed E-state index contributed by atoms with van der Waals surface area (Å²) in [4.78, 5) is 0. The molecule has 2 aliphatic carbocycles. The standard InChI is InChI=1S/C13H25NO2S/c1-3-16-12-10-11(13(12)6-5-7-13)14-8-9-17(15)4-2/h11-12,14H,3-10H2,1-2H3. The Morgan fingerprint density at radius 3 is 2.71 bits per heavy atom. The zero-order valence-electron chi connectivity index (χ0n) is 11.0. The largest absolute Gasteiger partial charge is 0.378 e. The Hall–Kier alpha value is 0.0700. The van der Waals surface area contributed by atoms with E-state index in [9.17, 15) is 4.21 Å². The van der Waals surface area contributed by atoms with Crippen LogP contribution >= 0.6 is 0 Å². The van der Waals surface area contributed by atoms with E-state index in [1.54, 1.807) is 0 Å². The van der Waals surface area contributed by atoms with E-state index in [-0.39, 0.29) is 0 Å². The van der Waals surface area contributed by atoms with E-state index in [1.807, 2.05) is 6.92 Å². The maximum Gasteiger partial charge on any atom is 0.0661 e. The van der Waals surface area contributed by atoms with E-state index in [0.29, 0.717) is 17.6 Å². The van der Waals surface area contributed by atoms with Gasteiger partial charge in [0.1, 0.15) is 0 Å². The molecule has 100 valence electrons. The Bertz CT molecular complexity index is 279. The van der Waals surface area contributed by atoms with Crippen LogP contribution in [-0.4, -0.2) is 41.0 Å². The third kappa shape index (κ3) is 2.59. The van der Waals surface area contributed by atoms with Gasteiger partial charge in [-0.05, 0) is 26.2 Å². The first-order valence-corrected chi connectivity index (χ1v) is 8.41. The summed E-state index contributed by atoms with van der Waals surface area (Å²) in [5, 5.41) is 3.59. The highest BCUT2D eigenvalue weighted by molar-refractivity contribution is 7.84. The van der Waals surface area contributed by atoms with E-state index in [4.69, 9.17) is 4.74 Å². The quantitative estimate of drug-likeness (QED) is 0.756. The lowest BCUT2D eigenvalue weighted by atomic mass is 9.51. The molecule has 0 aromatic rings. The molecular formula is C13H25NO2S. The highest BCUT2D eigenvalue weighted by Crippen LogP contribution is 2.57. The van der Waals surface area contributed by atoms with Crippen molar-refractivity contribution in [3.05, 3.63) is 0 Å². The molecule has 3 nitrogen and oxygen atoms in total. The molecule has 3 atom stereocenters. The van der Waals surface area contributed by atoms with Gasteiger partial charge >= 0.3 is 0 Å². The Kier molecular flexibility index (Phi) is 4.61. The smallest absolute Gasteiger partial charge is 0.0661 e. The van der Waals surface area contributed by atoms with Gasteiger partial charge in [-0.1, -0.05) is 13.3 Å². The third-order valence-electron chi connectivity index (χ3n) is 4.48. The average Bonchev–Trinajstić information content (AvgIpc) is 2.24. The molecule has 3 unspecified atom stereocenters. The van der Waals surface area contributed by atoms with Crippen LogP contribution < -0.4 is 5.32 Å². The molecule has 1 N–H and O–H groups in total. The number of hydrogen-bond donors (Lipinski definition) is 1. The molecule has 0 aliphatic heterocycles. The van der Waals surface area contributed by atoms with Gasteiger partial charge in [0.2, 0.25) is 0 Å². The van der Waals surface area contributed by atoms with E-state index in [2.05, 4.69) is 12.2 Å². The number of nitrogens with one attached hydrogen (secondary N) is 1. The van der Waals surface area contributed by atoms with Gasteiger partial charge in [-0.25, -0.2) is 0 Å². The predicted molar refractivity (Wildman–Crippen MR) is 71.7 cm³/mol. The summed E-state index contributed by atoms with van der Waals surface area (Å²) in [6.45, 7) is 5.79. The fraction of sp³-hybridized carbons (Fsp3) is 1.00. The number of ether oxygens (including phenoxy) is 1. The Labute approximate surface area is 107 Å². The van der Waals surface area contributed by atoms with Crippen molar-refractivity contribution in [2.45, 2.75) is 51.7 Å². The molecule has 0 saturated heterocycles. The summed E-state index contributed by atoms with van der Waals surface area (Å²) >= 11 is 0. The highest BCUT2D eigenvalue weighted by atomic mass is 32.2. The van der Waals surface area contributed by atoms with Crippen molar-refractivity contribution in [2.24, 2.45) is 5.41 Å². The molecule has 0 amide bonds. The maximum absolute atomic E-state index is 11.4. The van der Waals surface area contributed by atoms with Crippen molar-refractivity contribution in [2.75, 3.05) is 24.7 Å². The van der Waals surface area contributed by atoms with Crippen LogP contribution in [0.1, 0.15) is 39.5 Å². The van der Waals surface area contributed by atoms with Crippen molar-refractivity contribution in [1.29, 1.82) is 0 Å². The lowest BCUT2D eigenvalue weighted by Crippen LogP contribution is -2.67. The van der Waals surface area contributed by atoms with E-state index in [0.717, 1.165) is 31.1 Å². The van der Waals surface area contributed by atoms with Crippen molar-refractivity contribution in [3.63, 3.8) is 0 Å². The molecule has 0 aromatic carbocycles. The van der Waals surface area contributed by atoms with Crippen LogP contribution in [0.2, 0.25) is 0 Å². The van der Waals surface area contributed by atoms with Gasteiger partial charge in [-0.3, -0.25) is 4.21 Å². The van der Waals surface area contributed by atoms with Gasteiger partial charge in [0.05, 0.1) is 6.10 Å². The maximum atomic E-state index is 11.4. The van der Waals surface area contributed by atoms with Crippen molar-refractivity contribution < 1.29 is 8.95 Å². The molecule has 0 heterocycles. The first-order valence-electron chi connectivity index (χ1n) is 6.93. The second-order valence-corrected chi connectivity index (χ2v) is 7.07. The molecule has 0 bridgehead atoms. The zero-order valence-corrected chi connectivity index (χ0v) is 11.9. The molecular weight excluding hydrogens is 234 g/mol. The summed E-state index contributed by atoms with van der Waals surface area (Å²) in [6, 6.07) is 0.613. The summed E-state index contributed by atoms with van der Waals surface area (Å²) in [5.74, 6) is 1.57. The van der Waals surface area contributed by atoms with Gasteiger partial charge in [0.15, 0.2) is 0 Å². The van der Waals surface area contributed by atoms with Crippen LogP contribution in [-0.2, 0) is 15.5 Å². The van der Waals surface area contributed by atoms with Gasteiger partial charge in [0.25, 0.3) is 0 Å². The van der Waals surface area contributed by atoms with Gasteiger partial charge < -0.3 is 10.1 Å². The zero-order chi connectivity index (χ0) is 12.3. The molecule has 2 saturated carbocycles. The number of rotatable bonds is 7. The van der Waals surface area contributed by atoms with Gasteiger partial charge in [-0.15, -0.1) is 0 Å². The lowest BCUT2D eigenvalue weighted by Gasteiger charge is -2.61. The van der Waals surface area contributed by atoms with Gasteiger partial charge in [0, 0.05) is 46.9 Å². The summed E-state index contributed by atoms with van der Waals surface area (Å²) < 4.78 is 17.2. The third-order valence-corrected chi connectivity index (χ3v) is 5.78. The molecule has 0 aromatic heterocycles. The Balaban J connectivity index is 1.74. The van der Waals surface area contributed by atoms with E-state index < -0.39 is 10.8 Å². The Morgan fingerprint density at radius 2 is 2.18 bits per heavy atom. The molecule has 1 spiro atoms.